The Kier molecular flexibility index (Phi) is 3.90. The Morgan fingerprint density at radius 1 is 1.30 bits per heavy atom. The molecule has 0 saturated carbocycles. The lowest BCUT2D eigenvalue weighted by atomic mass is 9.97. The molecule has 2 unspecified atom stereocenters. The van der Waals surface area contributed by atoms with Crippen molar-refractivity contribution in [3.8, 4) is 0 Å². The van der Waals surface area contributed by atoms with Crippen molar-refractivity contribution < 1.29 is 9.90 Å². The summed E-state index contributed by atoms with van der Waals surface area (Å²) >= 11 is 0. The van der Waals surface area contributed by atoms with Crippen molar-refractivity contribution in [2.24, 2.45) is 16.0 Å². The average molecular weight is 312 g/mol. The Labute approximate surface area is 135 Å². The first-order chi connectivity index (χ1) is 11.0. The van der Waals surface area contributed by atoms with Crippen molar-refractivity contribution in [1.29, 1.82) is 0 Å². The smallest absolute Gasteiger partial charge is 0.232 e. The predicted octanol–water partition coefficient (Wildman–Crippen LogP) is 1.85. The lowest BCUT2D eigenvalue weighted by Crippen LogP contribution is -2.43. The second-order valence-electron chi connectivity index (χ2n) is 5.77. The van der Waals surface area contributed by atoms with Gasteiger partial charge in [-0.1, -0.05) is 30.3 Å². The summed E-state index contributed by atoms with van der Waals surface area (Å²) in [5.74, 6) is -0.540. The monoisotopic (exact) mass is 312 g/mol. The van der Waals surface area contributed by atoms with Gasteiger partial charge in [0.25, 0.3) is 0 Å². The van der Waals surface area contributed by atoms with Crippen LogP contribution in [0.4, 0.5) is 0 Å². The van der Waals surface area contributed by atoms with E-state index in [2.05, 4.69) is 15.4 Å². The number of hydrogen-bond donors (Lipinski definition) is 2. The van der Waals surface area contributed by atoms with E-state index in [0.29, 0.717) is 12.1 Å². The number of hydrazone groups is 1. The number of carbonyl (C=O) groups excluding carboxylic acids is 1. The number of fused-ring (bicyclic) bond motifs is 1. The maximum absolute atomic E-state index is 12.1. The number of rotatable bonds is 3. The number of amides is 1. The molecule has 0 spiro atoms. The van der Waals surface area contributed by atoms with Crippen molar-refractivity contribution >= 4 is 17.3 Å². The van der Waals surface area contributed by atoms with Gasteiger partial charge >= 0.3 is 0 Å². The van der Waals surface area contributed by atoms with E-state index in [1.807, 2.05) is 37.3 Å². The number of aliphatic hydroxyl groups is 1. The highest BCUT2D eigenvalue weighted by Crippen LogP contribution is 2.32. The third kappa shape index (κ3) is 2.60. The fourth-order valence-corrected chi connectivity index (χ4v) is 3.01. The first-order valence-electron chi connectivity index (χ1n) is 7.59. The van der Waals surface area contributed by atoms with E-state index < -0.39 is 12.1 Å². The zero-order valence-electron chi connectivity index (χ0n) is 13.4. The van der Waals surface area contributed by atoms with E-state index in [0.717, 1.165) is 16.8 Å². The number of nitrogens with one attached hydrogen (secondary N) is 1. The summed E-state index contributed by atoms with van der Waals surface area (Å²) in [6.45, 7) is 3.65. The molecule has 0 aromatic heterocycles. The topological polar surface area (TPSA) is 77.3 Å². The SMILES string of the molecule is CNC(=O)C1C(C)=NN2C(O)=C(Cc3ccccc3)C(C)=NC12. The molecule has 0 saturated heterocycles. The van der Waals surface area contributed by atoms with Gasteiger partial charge in [-0.2, -0.15) is 5.10 Å². The summed E-state index contributed by atoms with van der Waals surface area (Å²) in [7, 11) is 1.59. The van der Waals surface area contributed by atoms with Gasteiger partial charge in [0.1, 0.15) is 5.92 Å². The van der Waals surface area contributed by atoms with E-state index >= 15 is 0 Å². The van der Waals surface area contributed by atoms with Crippen LogP contribution in [0.3, 0.4) is 0 Å². The van der Waals surface area contributed by atoms with Gasteiger partial charge in [0.05, 0.1) is 5.71 Å². The maximum atomic E-state index is 12.1. The van der Waals surface area contributed by atoms with E-state index in [4.69, 9.17) is 0 Å². The molecule has 23 heavy (non-hydrogen) atoms. The molecule has 2 aliphatic heterocycles. The number of hydrogen-bond acceptors (Lipinski definition) is 5. The highest BCUT2D eigenvalue weighted by Gasteiger charge is 2.44. The minimum atomic E-state index is -0.505. The largest absolute Gasteiger partial charge is 0.493 e. The van der Waals surface area contributed by atoms with E-state index in [1.165, 1.54) is 5.01 Å². The Morgan fingerprint density at radius 2 is 2.00 bits per heavy atom. The van der Waals surface area contributed by atoms with Gasteiger partial charge in [0, 0.05) is 24.8 Å². The molecule has 1 aromatic carbocycles. The zero-order chi connectivity index (χ0) is 16.6. The molecule has 0 bridgehead atoms. The van der Waals surface area contributed by atoms with E-state index in [9.17, 15) is 9.90 Å². The van der Waals surface area contributed by atoms with Crippen LogP contribution in [-0.4, -0.2) is 40.7 Å². The predicted molar refractivity (Wildman–Crippen MR) is 89.2 cm³/mol. The molecular weight excluding hydrogens is 292 g/mol. The second kappa shape index (κ2) is 5.87. The Hall–Kier alpha value is -2.63. The fraction of sp³-hybridized carbons (Fsp3) is 0.353. The lowest BCUT2D eigenvalue weighted by Gasteiger charge is -2.29. The third-order valence-electron chi connectivity index (χ3n) is 4.27. The van der Waals surface area contributed by atoms with Crippen LogP contribution in [-0.2, 0) is 11.2 Å². The average Bonchev–Trinajstić information content (AvgIpc) is 2.88. The van der Waals surface area contributed by atoms with Gasteiger partial charge in [-0.05, 0) is 19.4 Å². The molecule has 2 N–H and O–H groups in total. The summed E-state index contributed by atoms with van der Waals surface area (Å²) < 4.78 is 0. The molecular formula is C17H20N4O2. The fourth-order valence-electron chi connectivity index (χ4n) is 3.01. The van der Waals surface area contributed by atoms with Crippen LogP contribution in [0.1, 0.15) is 19.4 Å². The molecule has 0 fully saturated rings. The molecule has 1 aromatic rings. The standard InChI is InChI=1S/C17H20N4O2/c1-10-13(9-12-7-5-4-6-8-12)17(23)21-15(19-10)14(11(2)20-21)16(22)18-3/h4-8,14-15,23H,9H2,1-3H3,(H,18,22). The maximum Gasteiger partial charge on any atom is 0.232 e. The lowest BCUT2D eigenvalue weighted by molar-refractivity contribution is -0.123. The second-order valence-corrected chi connectivity index (χ2v) is 5.77. The van der Waals surface area contributed by atoms with Crippen LogP contribution in [0.5, 0.6) is 0 Å². The third-order valence-corrected chi connectivity index (χ3v) is 4.27. The molecule has 0 aliphatic carbocycles. The quantitative estimate of drug-likeness (QED) is 0.894. The zero-order valence-corrected chi connectivity index (χ0v) is 13.4. The minimum Gasteiger partial charge on any atom is -0.493 e. The van der Waals surface area contributed by atoms with Crippen LogP contribution >= 0.6 is 0 Å². The first kappa shape index (κ1) is 15.3. The van der Waals surface area contributed by atoms with Gasteiger partial charge in [-0.3, -0.25) is 9.79 Å². The van der Waals surface area contributed by atoms with E-state index in [1.54, 1.807) is 14.0 Å². The van der Waals surface area contributed by atoms with Crippen LogP contribution in [0.15, 0.2) is 51.9 Å². The molecule has 2 aliphatic rings. The molecule has 2 atom stereocenters. The van der Waals surface area contributed by atoms with Crippen LogP contribution < -0.4 is 5.32 Å². The number of benzene rings is 1. The van der Waals surface area contributed by atoms with Crippen molar-refractivity contribution in [3.05, 3.63) is 47.4 Å². The Balaban J connectivity index is 1.94. The number of aliphatic imine (C=N–C) groups is 1. The Bertz CT molecular complexity index is 721. The summed E-state index contributed by atoms with van der Waals surface area (Å²) in [6.07, 6.45) is 0.0687. The van der Waals surface area contributed by atoms with Gasteiger partial charge in [-0.15, -0.1) is 0 Å². The van der Waals surface area contributed by atoms with Gasteiger partial charge in [-0.25, -0.2) is 5.01 Å². The Morgan fingerprint density at radius 3 is 2.65 bits per heavy atom. The van der Waals surface area contributed by atoms with Crippen LogP contribution in [0.25, 0.3) is 0 Å². The summed E-state index contributed by atoms with van der Waals surface area (Å²) in [6, 6.07) is 9.89. The number of allylic oxidation sites excluding steroid dienone is 1. The molecule has 0 radical (unpaired) electrons. The number of nitrogens with zero attached hydrogens (tertiary/aromatic N) is 3. The highest BCUT2D eigenvalue weighted by atomic mass is 16.3. The van der Waals surface area contributed by atoms with Crippen LogP contribution in [0, 0.1) is 5.92 Å². The molecule has 120 valence electrons. The van der Waals surface area contributed by atoms with Crippen molar-refractivity contribution in [2.45, 2.75) is 26.4 Å². The summed E-state index contributed by atoms with van der Waals surface area (Å²) in [5.41, 5.74) is 3.22. The van der Waals surface area contributed by atoms with E-state index in [-0.39, 0.29) is 11.8 Å². The number of carbonyl (C=O) groups is 1. The summed E-state index contributed by atoms with van der Waals surface area (Å²) in [4.78, 5) is 16.7. The van der Waals surface area contributed by atoms with Crippen molar-refractivity contribution in [2.75, 3.05) is 7.05 Å². The van der Waals surface area contributed by atoms with Gasteiger partial charge in [0.2, 0.25) is 11.8 Å². The molecule has 2 heterocycles. The molecule has 6 heteroatoms. The van der Waals surface area contributed by atoms with Crippen LogP contribution in [0.2, 0.25) is 0 Å². The van der Waals surface area contributed by atoms with Crippen molar-refractivity contribution in [1.82, 2.24) is 10.3 Å². The molecule has 6 nitrogen and oxygen atoms in total. The van der Waals surface area contributed by atoms with Gasteiger partial charge < -0.3 is 10.4 Å². The van der Waals surface area contributed by atoms with Crippen molar-refractivity contribution in [3.63, 3.8) is 0 Å². The highest BCUT2D eigenvalue weighted by molar-refractivity contribution is 6.06. The minimum absolute atomic E-state index is 0.0807. The summed E-state index contributed by atoms with van der Waals surface area (Å²) in [5, 5.41) is 19.1. The normalized spacial score (nSPS) is 23.3. The molecule has 1 amide bonds. The number of aliphatic hydroxyl groups excluding tert-OH is 1. The molecule has 3 rings (SSSR count). The first-order valence-corrected chi connectivity index (χ1v) is 7.59. The van der Waals surface area contributed by atoms with Gasteiger partial charge in [0.15, 0.2) is 6.17 Å².